The molecule has 4 rings (SSSR count). The van der Waals surface area contributed by atoms with Gasteiger partial charge >= 0.3 is 12.1 Å². The van der Waals surface area contributed by atoms with E-state index >= 15 is 0 Å². The standard InChI is InChI=1S/C23H28N4O4S.C2HF3O2/c1-15-5-6-18(32(29,30)27-9-4-7-23(3,28)8-10-27)13-19(15)17-12-20(22(24)25-14-17)21-11-16(2)26-31-21;3-2(4,5)1(6)7/h5-6,11-14,28H,4,7-10H2,1-3H3,(H2,24,25);(H,6,7). The van der Waals surface area contributed by atoms with Gasteiger partial charge in [-0.15, -0.1) is 0 Å². The van der Waals surface area contributed by atoms with Crippen molar-refractivity contribution in [2.75, 3.05) is 18.8 Å². The van der Waals surface area contributed by atoms with Crippen LogP contribution in [0.15, 0.2) is 45.9 Å². The van der Waals surface area contributed by atoms with E-state index in [4.69, 9.17) is 20.2 Å². The highest BCUT2D eigenvalue weighted by molar-refractivity contribution is 7.89. The Morgan fingerprint density at radius 2 is 1.79 bits per heavy atom. The first-order chi connectivity index (χ1) is 18.0. The summed E-state index contributed by atoms with van der Waals surface area (Å²) >= 11 is 0. The van der Waals surface area contributed by atoms with Crippen molar-refractivity contribution in [2.45, 2.75) is 56.7 Å². The van der Waals surface area contributed by atoms with Crippen molar-refractivity contribution in [1.82, 2.24) is 14.4 Å². The fraction of sp³-hybridized carbons (Fsp3) is 0.400. The molecule has 0 bridgehead atoms. The number of halogens is 3. The van der Waals surface area contributed by atoms with Crippen LogP contribution in [0.3, 0.4) is 0 Å². The lowest BCUT2D eigenvalue weighted by molar-refractivity contribution is -0.192. The molecule has 10 nitrogen and oxygen atoms in total. The van der Waals surface area contributed by atoms with Crippen LogP contribution in [0.2, 0.25) is 0 Å². The van der Waals surface area contributed by atoms with Crippen LogP contribution in [0.4, 0.5) is 19.0 Å². The highest BCUT2D eigenvalue weighted by Gasteiger charge is 2.38. The fourth-order valence-corrected chi connectivity index (χ4v) is 5.52. The van der Waals surface area contributed by atoms with Gasteiger partial charge in [-0.25, -0.2) is 18.2 Å². The summed E-state index contributed by atoms with van der Waals surface area (Å²) in [5.74, 6) is -1.94. The van der Waals surface area contributed by atoms with Crippen molar-refractivity contribution in [3.05, 3.63) is 47.8 Å². The van der Waals surface area contributed by atoms with E-state index in [2.05, 4.69) is 10.1 Å². The number of nitrogens with zero attached hydrogens (tertiary/aromatic N) is 3. The molecular formula is C25H29F3N4O6S. The van der Waals surface area contributed by atoms with E-state index in [1.165, 1.54) is 4.31 Å². The molecule has 14 heteroatoms. The lowest BCUT2D eigenvalue weighted by Crippen LogP contribution is -2.33. The number of hydrogen-bond acceptors (Lipinski definition) is 8. The number of carboxylic acid groups (broad SMARTS) is 1. The largest absolute Gasteiger partial charge is 0.490 e. The van der Waals surface area contributed by atoms with E-state index in [-0.39, 0.29) is 11.4 Å². The third kappa shape index (κ3) is 7.34. The van der Waals surface area contributed by atoms with Gasteiger partial charge in [-0.3, -0.25) is 0 Å². The molecule has 4 N–H and O–H groups in total. The van der Waals surface area contributed by atoms with E-state index in [0.29, 0.717) is 42.9 Å². The Morgan fingerprint density at radius 1 is 1.13 bits per heavy atom. The van der Waals surface area contributed by atoms with Gasteiger partial charge in [0.2, 0.25) is 10.0 Å². The summed E-state index contributed by atoms with van der Waals surface area (Å²) in [5.41, 5.74) is 8.94. The zero-order valence-corrected chi connectivity index (χ0v) is 22.3. The monoisotopic (exact) mass is 570 g/mol. The van der Waals surface area contributed by atoms with Crippen molar-refractivity contribution in [2.24, 2.45) is 0 Å². The maximum absolute atomic E-state index is 13.4. The van der Waals surface area contributed by atoms with Crippen LogP contribution in [0.1, 0.15) is 37.4 Å². The van der Waals surface area contributed by atoms with E-state index in [9.17, 15) is 26.7 Å². The van der Waals surface area contributed by atoms with E-state index < -0.39 is 27.8 Å². The summed E-state index contributed by atoms with van der Waals surface area (Å²) in [6.45, 7) is 6.18. The Labute approximate surface area is 223 Å². The predicted octanol–water partition coefficient (Wildman–Crippen LogP) is 4.16. The van der Waals surface area contributed by atoms with Gasteiger partial charge in [-0.2, -0.15) is 17.5 Å². The number of aromatic nitrogens is 2. The first-order valence-electron chi connectivity index (χ1n) is 11.8. The van der Waals surface area contributed by atoms with Crippen molar-refractivity contribution >= 4 is 21.8 Å². The zero-order chi connectivity index (χ0) is 29.2. The highest BCUT2D eigenvalue weighted by atomic mass is 32.2. The number of hydrogen-bond donors (Lipinski definition) is 3. The molecule has 0 spiro atoms. The first kappa shape index (κ1) is 30.1. The third-order valence-electron chi connectivity index (χ3n) is 6.23. The lowest BCUT2D eigenvalue weighted by Gasteiger charge is -2.22. The fourth-order valence-electron chi connectivity index (χ4n) is 4.01. The number of sulfonamides is 1. The number of alkyl halides is 3. The van der Waals surface area contributed by atoms with Crippen molar-refractivity contribution in [3.8, 4) is 22.5 Å². The number of benzene rings is 1. The van der Waals surface area contributed by atoms with Crippen LogP contribution in [0, 0.1) is 13.8 Å². The highest BCUT2D eigenvalue weighted by Crippen LogP contribution is 2.33. The third-order valence-corrected chi connectivity index (χ3v) is 8.13. The van der Waals surface area contributed by atoms with E-state index in [1.54, 1.807) is 37.4 Å². The average molecular weight is 571 g/mol. The SMILES string of the molecule is Cc1cc(-c2cc(-c3cc(S(=O)(=O)N4CCCC(C)(O)CC4)ccc3C)cnc2N)on1.O=C(O)C(F)(F)F. The van der Waals surface area contributed by atoms with Gasteiger partial charge in [0.05, 0.1) is 21.8 Å². The van der Waals surface area contributed by atoms with Crippen LogP contribution in [0.5, 0.6) is 0 Å². The number of rotatable bonds is 4. The maximum atomic E-state index is 13.4. The maximum Gasteiger partial charge on any atom is 0.490 e. The summed E-state index contributed by atoms with van der Waals surface area (Å²) in [5, 5.41) is 21.4. The molecule has 39 heavy (non-hydrogen) atoms. The van der Waals surface area contributed by atoms with Crippen LogP contribution < -0.4 is 5.73 Å². The quantitative estimate of drug-likeness (QED) is 0.418. The van der Waals surface area contributed by atoms with Crippen molar-refractivity contribution in [3.63, 3.8) is 0 Å². The number of anilines is 1. The average Bonchev–Trinajstić information content (AvgIpc) is 3.18. The van der Waals surface area contributed by atoms with Crippen LogP contribution >= 0.6 is 0 Å². The second kappa shape index (κ2) is 11.3. The molecule has 1 atom stereocenters. The Morgan fingerprint density at radius 3 is 2.38 bits per heavy atom. The molecule has 2 aromatic heterocycles. The first-order valence-corrected chi connectivity index (χ1v) is 13.3. The summed E-state index contributed by atoms with van der Waals surface area (Å²) in [4.78, 5) is 13.4. The molecule has 0 radical (unpaired) electrons. The van der Waals surface area contributed by atoms with E-state index in [1.807, 2.05) is 19.9 Å². The van der Waals surface area contributed by atoms with Crippen molar-refractivity contribution < 1.29 is 41.1 Å². The molecule has 1 aliphatic rings. The van der Waals surface area contributed by atoms with Crippen molar-refractivity contribution in [1.29, 1.82) is 0 Å². The number of aliphatic carboxylic acids is 1. The van der Waals surface area contributed by atoms with Gasteiger partial charge < -0.3 is 20.5 Å². The molecule has 212 valence electrons. The molecule has 1 aliphatic heterocycles. The molecule has 0 saturated carbocycles. The normalized spacial score (nSPS) is 18.6. The topological polar surface area (TPSA) is 160 Å². The van der Waals surface area contributed by atoms with Crippen LogP contribution in [-0.2, 0) is 14.8 Å². The number of carboxylic acids is 1. The molecule has 0 amide bonds. The Balaban J connectivity index is 0.000000532. The molecule has 1 unspecified atom stereocenters. The predicted molar refractivity (Wildman–Crippen MR) is 136 cm³/mol. The minimum absolute atomic E-state index is 0.216. The number of nitrogen functional groups attached to an aromatic ring is 1. The lowest BCUT2D eigenvalue weighted by atomic mass is 9.98. The second-order valence-corrected chi connectivity index (χ2v) is 11.5. The minimum atomic E-state index is -5.08. The van der Waals surface area contributed by atoms with Crippen LogP contribution in [-0.4, -0.2) is 63.9 Å². The smallest absolute Gasteiger partial charge is 0.475 e. The molecule has 1 aromatic carbocycles. The molecule has 1 fully saturated rings. The number of aliphatic hydroxyl groups is 1. The van der Waals surface area contributed by atoms with Crippen LogP contribution in [0.25, 0.3) is 22.5 Å². The number of aryl methyl sites for hydroxylation is 2. The molecule has 0 aliphatic carbocycles. The minimum Gasteiger partial charge on any atom is -0.475 e. The number of nitrogens with two attached hydrogens (primary N) is 1. The van der Waals surface area contributed by atoms with Gasteiger partial charge in [0.1, 0.15) is 5.82 Å². The van der Waals surface area contributed by atoms with Gasteiger partial charge in [-0.1, -0.05) is 11.2 Å². The summed E-state index contributed by atoms with van der Waals surface area (Å²) in [6, 6.07) is 8.72. The molecule has 3 heterocycles. The summed E-state index contributed by atoms with van der Waals surface area (Å²) in [6.07, 6.45) is -1.84. The van der Waals surface area contributed by atoms with Gasteiger partial charge in [0, 0.05) is 30.9 Å². The summed E-state index contributed by atoms with van der Waals surface area (Å²) in [7, 11) is -3.70. The van der Waals surface area contributed by atoms with Gasteiger partial charge in [0.15, 0.2) is 5.76 Å². The number of pyridine rings is 1. The van der Waals surface area contributed by atoms with E-state index in [0.717, 1.165) is 22.4 Å². The Kier molecular flexibility index (Phi) is 8.72. The van der Waals surface area contributed by atoms with Gasteiger partial charge in [-0.05, 0) is 69.4 Å². The number of carbonyl (C=O) groups is 1. The molecule has 3 aromatic rings. The Hall–Kier alpha value is -3.49. The molecule has 1 saturated heterocycles. The Bertz CT molecular complexity index is 1450. The second-order valence-electron chi connectivity index (χ2n) is 9.52. The summed E-state index contributed by atoms with van der Waals surface area (Å²) < 4.78 is 65.3. The zero-order valence-electron chi connectivity index (χ0n) is 21.5. The van der Waals surface area contributed by atoms with Gasteiger partial charge in [0.25, 0.3) is 0 Å². The molecular weight excluding hydrogens is 541 g/mol.